The molecule has 2 N–H and O–H groups in total. The van der Waals surface area contributed by atoms with E-state index in [-0.39, 0.29) is 28.1 Å². The first-order chi connectivity index (χ1) is 15.5. The highest BCUT2D eigenvalue weighted by Gasteiger charge is 2.22. The van der Waals surface area contributed by atoms with Gasteiger partial charge in [0.1, 0.15) is 0 Å². The van der Waals surface area contributed by atoms with Crippen LogP contribution in [-0.2, 0) is 10.0 Å². The van der Waals surface area contributed by atoms with E-state index in [2.05, 4.69) is 10.0 Å². The van der Waals surface area contributed by atoms with Gasteiger partial charge in [-0.1, -0.05) is 85.8 Å². The summed E-state index contributed by atoms with van der Waals surface area (Å²) in [5.41, 5.74) is 1.50. The number of rotatable bonds is 7. The molecule has 1 atom stereocenters. The number of sulfonamides is 1. The maximum Gasteiger partial charge on any atom is 0.262 e. The van der Waals surface area contributed by atoms with Crippen LogP contribution >= 0.6 is 0 Å². The van der Waals surface area contributed by atoms with E-state index in [0.29, 0.717) is 11.8 Å². The Morgan fingerprint density at radius 2 is 1.47 bits per heavy atom. The second kappa shape index (κ2) is 9.24. The third-order valence-electron chi connectivity index (χ3n) is 5.37. The Bertz CT molecular complexity index is 1350. The van der Waals surface area contributed by atoms with Crippen molar-refractivity contribution in [3.63, 3.8) is 0 Å². The van der Waals surface area contributed by atoms with Crippen LogP contribution in [0.3, 0.4) is 0 Å². The first-order valence-corrected chi connectivity index (χ1v) is 11.9. The fourth-order valence-corrected chi connectivity index (χ4v) is 5.05. The van der Waals surface area contributed by atoms with Gasteiger partial charge < -0.3 is 5.32 Å². The number of carbonyl (C=O) groups is 1. The van der Waals surface area contributed by atoms with Gasteiger partial charge in [-0.3, -0.25) is 9.52 Å². The van der Waals surface area contributed by atoms with Crippen LogP contribution in [0.25, 0.3) is 10.8 Å². The Morgan fingerprint density at radius 3 is 2.25 bits per heavy atom. The zero-order valence-corrected chi connectivity index (χ0v) is 18.5. The molecular weight excluding hydrogens is 420 g/mol. The highest BCUT2D eigenvalue weighted by atomic mass is 32.2. The quantitative estimate of drug-likeness (QED) is 0.394. The van der Waals surface area contributed by atoms with E-state index in [9.17, 15) is 13.2 Å². The molecule has 0 radical (unpaired) electrons. The van der Waals surface area contributed by atoms with Gasteiger partial charge in [-0.25, -0.2) is 8.42 Å². The van der Waals surface area contributed by atoms with Crippen LogP contribution in [0.15, 0.2) is 102 Å². The molecule has 0 saturated heterocycles. The predicted molar refractivity (Wildman–Crippen MR) is 128 cm³/mol. The summed E-state index contributed by atoms with van der Waals surface area (Å²) < 4.78 is 29.1. The standard InChI is InChI=1S/C26H24N2O3S/c1-2-23(20-12-4-3-5-13-20)27-26(29)22-16-8-9-17-24(22)28-32(30,31)25-18-10-14-19-11-6-7-15-21(19)25/h3-18,23,28H,2H2,1H3,(H,27,29)/t23-/m0/s1. The lowest BCUT2D eigenvalue weighted by molar-refractivity contribution is 0.0936. The van der Waals surface area contributed by atoms with Crippen LogP contribution in [0.1, 0.15) is 35.3 Å². The van der Waals surface area contributed by atoms with Crippen LogP contribution in [0.4, 0.5) is 5.69 Å². The molecule has 0 spiro atoms. The topological polar surface area (TPSA) is 75.3 Å². The van der Waals surface area contributed by atoms with Gasteiger partial charge in [0.15, 0.2) is 0 Å². The van der Waals surface area contributed by atoms with Crippen molar-refractivity contribution < 1.29 is 13.2 Å². The minimum Gasteiger partial charge on any atom is -0.345 e. The van der Waals surface area contributed by atoms with E-state index in [1.54, 1.807) is 48.5 Å². The van der Waals surface area contributed by atoms with E-state index in [0.717, 1.165) is 10.9 Å². The Hall–Kier alpha value is -3.64. The first-order valence-electron chi connectivity index (χ1n) is 10.4. The van der Waals surface area contributed by atoms with Crippen molar-refractivity contribution in [3.05, 3.63) is 108 Å². The largest absolute Gasteiger partial charge is 0.345 e. The molecule has 162 valence electrons. The number of hydrogen-bond donors (Lipinski definition) is 2. The van der Waals surface area contributed by atoms with Gasteiger partial charge in [-0.05, 0) is 35.6 Å². The van der Waals surface area contributed by atoms with E-state index in [1.165, 1.54) is 0 Å². The zero-order valence-electron chi connectivity index (χ0n) is 17.7. The highest BCUT2D eigenvalue weighted by molar-refractivity contribution is 7.93. The SMILES string of the molecule is CC[C@H](NC(=O)c1ccccc1NS(=O)(=O)c1cccc2ccccc12)c1ccccc1. The molecule has 0 heterocycles. The Morgan fingerprint density at radius 1 is 0.812 bits per heavy atom. The van der Waals surface area contributed by atoms with E-state index >= 15 is 0 Å². The monoisotopic (exact) mass is 444 g/mol. The zero-order chi connectivity index (χ0) is 22.6. The predicted octanol–water partition coefficient (Wildman–Crippen LogP) is 5.52. The van der Waals surface area contributed by atoms with Gasteiger partial charge in [0.2, 0.25) is 0 Å². The molecule has 0 saturated carbocycles. The summed E-state index contributed by atoms with van der Waals surface area (Å²) in [6, 6.07) is 28.6. The first kappa shape index (κ1) is 21.6. The third kappa shape index (κ3) is 4.50. The molecule has 4 rings (SSSR count). The van der Waals surface area contributed by atoms with Crippen LogP contribution < -0.4 is 10.0 Å². The number of amides is 1. The number of carbonyl (C=O) groups excluding carboxylic acids is 1. The lowest BCUT2D eigenvalue weighted by Gasteiger charge is -2.19. The van der Waals surface area contributed by atoms with Crippen molar-refractivity contribution >= 4 is 32.4 Å². The van der Waals surface area contributed by atoms with Crippen LogP contribution in [0.2, 0.25) is 0 Å². The second-order valence-corrected chi connectivity index (χ2v) is 9.12. The summed E-state index contributed by atoms with van der Waals surface area (Å²) in [4.78, 5) is 13.3. The van der Waals surface area contributed by atoms with Crippen LogP contribution in [-0.4, -0.2) is 14.3 Å². The lowest BCUT2D eigenvalue weighted by Crippen LogP contribution is -2.29. The van der Waals surface area contributed by atoms with Crippen LogP contribution in [0, 0.1) is 0 Å². The summed E-state index contributed by atoms with van der Waals surface area (Å²) in [5, 5.41) is 4.47. The minimum atomic E-state index is -3.91. The van der Waals surface area contributed by atoms with Crippen molar-refractivity contribution in [1.29, 1.82) is 0 Å². The third-order valence-corrected chi connectivity index (χ3v) is 6.79. The number of para-hydroxylation sites is 1. The molecule has 6 heteroatoms. The molecular formula is C26H24N2O3S. The molecule has 1 amide bonds. The average molecular weight is 445 g/mol. The number of benzene rings is 4. The van der Waals surface area contributed by atoms with Gasteiger partial charge >= 0.3 is 0 Å². The number of fused-ring (bicyclic) bond motifs is 1. The molecule has 0 fully saturated rings. The molecule has 0 aliphatic carbocycles. The molecule has 0 aliphatic rings. The number of hydrogen-bond acceptors (Lipinski definition) is 3. The highest BCUT2D eigenvalue weighted by Crippen LogP contribution is 2.27. The summed E-state index contributed by atoms with van der Waals surface area (Å²) in [5.74, 6) is -0.336. The molecule has 4 aromatic carbocycles. The lowest BCUT2D eigenvalue weighted by atomic mass is 10.0. The summed E-state index contributed by atoms with van der Waals surface area (Å²) >= 11 is 0. The summed E-state index contributed by atoms with van der Waals surface area (Å²) in [6.45, 7) is 1.99. The minimum absolute atomic E-state index is 0.168. The van der Waals surface area contributed by atoms with Crippen molar-refractivity contribution in [3.8, 4) is 0 Å². The molecule has 0 aromatic heterocycles. The Labute approximate surface area is 188 Å². The van der Waals surface area contributed by atoms with Crippen molar-refractivity contribution in [1.82, 2.24) is 5.32 Å². The van der Waals surface area contributed by atoms with Gasteiger partial charge in [0.25, 0.3) is 15.9 Å². The Kier molecular flexibility index (Phi) is 6.23. The Balaban J connectivity index is 1.64. The smallest absolute Gasteiger partial charge is 0.262 e. The van der Waals surface area contributed by atoms with Crippen molar-refractivity contribution in [2.45, 2.75) is 24.3 Å². The maximum absolute atomic E-state index is 13.2. The summed E-state index contributed by atoms with van der Waals surface area (Å²) in [7, 11) is -3.91. The summed E-state index contributed by atoms with van der Waals surface area (Å²) in [6.07, 6.45) is 0.708. The van der Waals surface area contributed by atoms with Crippen molar-refractivity contribution in [2.75, 3.05) is 4.72 Å². The van der Waals surface area contributed by atoms with E-state index < -0.39 is 10.0 Å². The molecule has 32 heavy (non-hydrogen) atoms. The van der Waals surface area contributed by atoms with Crippen molar-refractivity contribution in [2.24, 2.45) is 0 Å². The van der Waals surface area contributed by atoms with Gasteiger partial charge in [0, 0.05) is 5.39 Å². The van der Waals surface area contributed by atoms with Gasteiger partial charge in [-0.2, -0.15) is 0 Å². The molecule has 5 nitrogen and oxygen atoms in total. The molecule has 4 aromatic rings. The number of nitrogens with one attached hydrogen (secondary N) is 2. The molecule has 0 aliphatic heterocycles. The number of anilines is 1. The average Bonchev–Trinajstić information content (AvgIpc) is 2.82. The fraction of sp³-hybridized carbons (Fsp3) is 0.115. The van der Waals surface area contributed by atoms with Crippen LogP contribution in [0.5, 0.6) is 0 Å². The van der Waals surface area contributed by atoms with Gasteiger partial charge in [-0.15, -0.1) is 0 Å². The molecule has 0 unspecified atom stereocenters. The van der Waals surface area contributed by atoms with E-state index in [4.69, 9.17) is 0 Å². The molecule has 0 bridgehead atoms. The second-order valence-electron chi connectivity index (χ2n) is 7.47. The normalized spacial score (nSPS) is 12.3. The van der Waals surface area contributed by atoms with Gasteiger partial charge in [0.05, 0.1) is 22.2 Å². The maximum atomic E-state index is 13.2. The fourth-order valence-electron chi connectivity index (χ4n) is 3.74. The van der Waals surface area contributed by atoms with E-state index in [1.807, 2.05) is 55.5 Å².